The summed E-state index contributed by atoms with van der Waals surface area (Å²) in [6.45, 7) is 6.98. The third-order valence-corrected chi connectivity index (χ3v) is 6.21. The molecule has 0 heterocycles. The molecule has 0 amide bonds. The van der Waals surface area contributed by atoms with E-state index in [0.717, 1.165) is 51.4 Å². The highest BCUT2D eigenvalue weighted by Crippen LogP contribution is 2.22. The van der Waals surface area contributed by atoms with E-state index in [4.69, 9.17) is 4.74 Å². The molecule has 7 nitrogen and oxygen atoms in total. The lowest BCUT2D eigenvalue weighted by molar-refractivity contribution is -0.190. The third-order valence-electron chi connectivity index (χ3n) is 6.21. The minimum Gasteiger partial charge on any atom is -0.393 e. The van der Waals surface area contributed by atoms with Crippen LogP contribution in [0.3, 0.4) is 0 Å². The largest absolute Gasteiger partial charge is 0.393 e. The number of hydrogen-bond acceptors (Lipinski definition) is 7. The van der Waals surface area contributed by atoms with Gasteiger partial charge in [0.15, 0.2) is 11.2 Å². The number of carbonyl (C=O) groups is 2. The van der Waals surface area contributed by atoms with E-state index >= 15 is 0 Å². The van der Waals surface area contributed by atoms with E-state index in [0.29, 0.717) is 24.7 Å². The van der Waals surface area contributed by atoms with Crippen molar-refractivity contribution < 1.29 is 34.8 Å². The zero-order valence-corrected chi connectivity index (χ0v) is 21.5. The van der Waals surface area contributed by atoms with Crippen molar-refractivity contribution in [3.63, 3.8) is 0 Å². The molecule has 2 atom stereocenters. The van der Waals surface area contributed by atoms with Crippen LogP contribution < -0.4 is 0 Å². The summed E-state index contributed by atoms with van der Waals surface area (Å²) in [5.41, 5.74) is -4.39. The quantitative estimate of drug-likeness (QED) is 0.118. The molecular formula is C26H50O7. The summed E-state index contributed by atoms with van der Waals surface area (Å²) >= 11 is 0. The normalized spacial score (nSPS) is 15.5. The molecule has 0 aliphatic heterocycles. The minimum absolute atomic E-state index is 0.0340. The Morgan fingerprint density at radius 1 is 0.606 bits per heavy atom. The first-order valence-corrected chi connectivity index (χ1v) is 12.9. The molecule has 0 rings (SSSR count). The molecule has 0 fully saturated rings. The number of ether oxygens (including phenoxy) is 1. The zero-order chi connectivity index (χ0) is 25.3. The lowest BCUT2D eigenvalue weighted by Crippen LogP contribution is -2.50. The molecule has 0 aliphatic carbocycles. The van der Waals surface area contributed by atoms with Gasteiger partial charge in [-0.25, -0.2) is 9.59 Å². The van der Waals surface area contributed by atoms with Gasteiger partial charge in [-0.15, -0.1) is 0 Å². The van der Waals surface area contributed by atoms with E-state index in [1.54, 1.807) is 0 Å². The van der Waals surface area contributed by atoms with Gasteiger partial charge >= 0.3 is 11.9 Å². The molecular weight excluding hydrogens is 424 g/mol. The van der Waals surface area contributed by atoms with Crippen LogP contribution in [0, 0.1) is 11.8 Å². The van der Waals surface area contributed by atoms with E-state index in [-0.39, 0.29) is 12.8 Å². The highest BCUT2D eigenvalue weighted by atomic mass is 16.6. The van der Waals surface area contributed by atoms with E-state index < -0.39 is 36.4 Å². The third kappa shape index (κ3) is 14.1. The van der Waals surface area contributed by atoms with Gasteiger partial charge in [-0.2, -0.15) is 0 Å². The fourth-order valence-corrected chi connectivity index (χ4v) is 3.77. The maximum Gasteiger partial charge on any atom is 0.348 e. The lowest BCUT2D eigenvalue weighted by atomic mass is 9.94. The minimum atomic E-state index is -2.19. The lowest BCUT2D eigenvalue weighted by Gasteiger charge is -2.27. The molecule has 0 aromatic carbocycles. The fraction of sp³-hybridized carbons (Fsp3) is 0.923. The van der Waals surface area contributed by atoms with Gasteiger partial charge < -0.3 is 25.2 Å². The summed E-state index contributed by atoms with van der Waals surface area (Å²) in [6, 6.07) is 0. The Labute approximate surface area is 200 Å². The Balaban J connectivity index is 4.45. The monoisotopic (exact) mass is 474 g/mol. The van der Waals surface area contributed by atoms with Crippen LogP contribution in [-0.2, 0) is 14.3 Å². The Hall–Kier alpha value is -1.02. The highest BCUT2D eigenvalue weighted by Gasteiger charge is 2.43. The van der Waals surface area contributed by atoms with Gasteiger partial charge in [0.25, 0.3) is 0 Å². The van der Waals surface area contributed by atoms with Crippen LogP contribution in [0.4, 0.5) is 0 Å². The van der Waals surface area contributed by atoms with Crippen molar-refractivity contribution in [2.75, 3.05) is 13.2 Å². The van der Waals surface area contributed by atoms with Crippen molar-refractivity contribution in [2.45, 2.75) is 129 Å². The van der Waals surface area contributed by atoms with Crippen LogP contribution in [0.1, 0.15) is 118 Å². The summed E-state index contributed by atoms with van der Waals surface area (Å²) in [4.78, 5) is 24.7. The van der Waals surface area contributed by atoms with Gasteiger partial charge in [0.2, 0.25) is 0 Å². The van der Waals surface area contributed by atoms with Crippen molar-refractivity contribution in [2.24, 2.45) is 11.8 Å². The molecule has 0 bridgehead atoms. The SMILES string of the molecule is CC(C)CCCCCCCC(O)(CO)C(=O)OC(=O)C(O)(CO)CCCCCCCC(C)C. The number of hydrogen-bond donors (Lipinski definition) is 4. The first kappa shape index (κ1) is 32.0. The number of carbonyl (C=O) groups excluding carboxylic acids is 2. The standard InChI is InChI=1S/C26H50O7/c1-21(2)15-11-7-5-9-13-17-25(31,19-27)23(29)33-24(30)26(32,20-28)18-14-10-6-8-12-16-22(3)4/h21-22,27-28,31-32H,5-20H2,1-4H3. The molecule has 7 heteroatoms. The van der Waals surface area contributed by atoms with Crippen molar-refractivity contribution in [3.05, 3.63) is 0 Å². The average Bonchev–Trinajstić information content (AvgIpc) is 2.76. The van der Waals surface area contributed by atoms with E-state index in [9.17, 15) is 30.0 Å². The van der Waals surface area contributed by atoms with Crippen molar-refractivity contribution >= 4 is 11.9 Å². The van der Waals surface area contributed by atoms with Crippen LogP contribution >= 0.6 is 0 Å². The van der Waals surface area contributed by atoms with Crippen LogP contribution in [0.5, 0.6) is 0 Å². The second-order valence-corrected chi connectivity index (χ2v) is 10.5. The summed E-state index contributed by atoms with van der Waals surface area (Å²) < 4.78 is 4.71. The van der Waals surface area contributed by atoms with Gasteiger partial charge in [0.05, 0.1) is 13.2 Å². The molecule has 0 aromatic rings. The first-order chi connectivity index (χ1) is 15.5. The topological polar surface area (TPSA) is 124 Å². The number of rotatable bonds is 20. The molecule has 196 valence electrons. The van der Waals surface area contributed by atoms with E-state index in [2.05, 4.69) is 27.7 Å². The van der Waals surface area contributed by atoms with Gasteiger partial charge in [0, 0.05) is 0 Å². The maximum absolute atomic E-state index is 12.4. The van der Waals surface area contributed by atoms with Crippen LogP contribution in [-0.4, -0.2) is 56.8 Å². The van der Waals surface area contributed by atoms with Gasteiger partial charge in [-0.3, -0.25) is 0 Å². The Morgan fingerprint density at radius 2 is 0.909 bits per heavy atom. The van der Waals surface area contributed by atoms with Crippen molar-refractivity contribution in [3.8, 4) is 0 Å². The van der Waals surface area contributed by atoms with Crippen LogP contribution in [0.25, 0.3) is 0 Å². The van der Waals surface area contributed by atoms with Gasteiger partial charge in [0.1, 0.15) is 0 Å². The molecule has 0 saturated heterocycles. The molecule has 0 aromatic heterocycles. The Morgan fingerprint density at radius 3 is 1.21 bits per heavy atom. The van der Waals surface area contributed by atoms with E-state index in [1.807, 2.05) is 0 Å². The predicted molar refractivity (Wildman–Crippen MR) is 129 cm³/mol. The summed E-state index contributed by atoms with van der Waals surface area (Å²) in [7, 11) is 0. The smallest absolute Gasteiger partial charge is 0.348 e. The molecule has 0 aliphatic rings. The zero-order valence-electron chi connectivity index (χ0n) is 21.5. The second-order valence-electron chi connectivity index (χ2n) is 10.5. The first-order valence-electron chi connectivity index (χ1n) is 12.9. The molecule has 0 radical (unpaired) electrons. The molecule has 2 unspecified atom stereocenters. The summed E-state index contributed by atoms with van der Waals surface area (Å²) in [6.07, 6.45) is 11.2. The Kier molecular flexibility index (Phi) is 16.9. The molecule has 33 heavy (non-hydrogen) atoms. The van der Waals surface area contributed by atoms with Crippen LogP contribution in [0.15, 0.2) is 0 Å². The second kappa shape index (κ2) is 17.4. The van der Waals surface area contributed by atoms with Gasteiger partial charge in [-0.05, 0) is 37.5 Å². The average molecular weight is 475 g/mol. The Bertz CT molecular complexity index is 489. The van der Waals surface area contributed by atoms with Crippen molar-refractivity contribution in [1.82, 2.24) is 0 Å². The molecule has 0 spiro atoms. The fourth-order valence-electron chi connectivity index (χ4n) is 3.77. The number of aliphatic hydroxyl groups excluding tert-OH is 2. The summed E-state index contributed by atoms with van der Waals surface area (Å²) in [5.74, 6) is -1.22. The molecule has 0 saturated carbocycles. The van der Waals surface area contributed by atoms with Gasteiger partial charge in [-0.1, -0.05) is 91.9 Å². The van der Waals surface area contributed by atoms with Crippen molar-refractivity contribution in [1.29, 1.82) is 0 Å². The highest BCUT2D eigenvalue weighted by molar-refractivity contribution is 5.94. The number of unbranched alkanes of at least 4 members (excludes halogenated alkanes) is 8. The molecule has 4 N–H and O–H groups in total. The van der Waals surface area contributed by atoms with E-state index in [1.165, 1.54) is 12.8 Å². The maximum atomic E-state index is 12.4. The predicted octanol–water partition coefficient (Wildman–Crippen LogP) is 4.28. The summed E-state index contributed by atoms with van der Waals surface area (Å²) in [5, 5.41) is 40.0. The number of aliphatic hydroxyl groups is 4. The number of esters is 2. The van der Waals surface area contributed by atoms with Crippen LogP contribution in [0.2, 0.25) is 0 Å².